The minimum Gasteiger partial charge on any atom is -0.396 e. The zero-order valence-electron chi connectivity index (χ0n) is 6.84. The Morgan fingerprint density at radius 1 is 1.10 bits per heavy atom. The molecule has 0 rings (SSSR count). The molecule has 0 aliphatic rings. The summed E-state index contributed by atoms with van der Waals surface area (Å²) in [5, 5.41) is 12.9. The van der Waals surface area contributed by atoms with E-state index in [9.17, 15) is 0 Å². The van der Waals surface area contributed by atoms with Gasteiger partial charge in [-0.2, -0.15) is 0 Å². The summed E-state index contributed by atoms with van der Waals surface area (Å²) in [6.45, 7) is 3.89. The van der Waals surface area contributed by atoms with Crippen molar-refractivity contribution in [2.75, 3.05) is 33.3 Å². The molecule has 0 bridgehead atoms. The lowest BCUT2D eigenvalue weighted by Gasteiger charge is -1.97. The molecule has 0 aliphatic heterocycles. The van der Waals surface area contributed by atoms with Crippen molar-refractivity contribution in [3.05, 3.63) is 0 Å². The van der Waals surface area contributed by atoms with Crippen molar-refractivity contribution >= 4 is 0 Å². The zero-order valence-corrected chi connectivity index (χ0v) is 6.84. The maximum atomic E-state index is 8.45. The lowest BCUT2D eigenvalue weighted by Crippen LogP contribution is -2.93. The molecule has 0 radical (unpaired) electrons. The second-order valence-corrected chi connectivity index (χ2v) is 2.49. The van der Waals surface area contributed by atoms with Gasteiger partial charge in [0, 0.05) is 6.61 Å². The molecule has 0 saturated carbocycles. The molecule has 0 aliphatic carbocycles. The van der Waals surface area contributed by atoms with Crippen LogP contribution in [-0.2, 0) is 0 Å². The second kappa shape index (κ2) is 8.88. The number of quaternary nitrogens is 2. The van der Waals surface area contributed by atoms with Crippen LogP contribution < -0.4 is 10.6 Å². The van der Waals surface area contributed by atoms with Crippen LogP contribution in [0.1, 0.15) is 12.8 Å². The smallest absolute Gasteiger partial charge is 0.125 e. The molecule has 0 unspecified atom stereocenters. The van der Waals surface area contributed by atoms with Gasteiger partial charge in [-0.05, 0) is 12.8 Å². The molecule has 0 aromatic rings. The van der Waals surface area contributed by atoms with E-state index in [1.165, 1.54) is 13.1 Å². The van der Waals surface area contributed by atoms with Gasteiger partial charge in [0.15, 0.2) is 0 Å². The predicted octanol–water partition coefficient (Wildman–Crippen LogP) is -2.48. The van der Waals surface area contributed by atoms with E-state index >= 15 is 0 Å². The maximum Gasteiger partial charge on any atom is 0.125 e. The second-order valence-electron chi connectivity index (χ2n) is 2.49. The minimum atomic E-state index is 0.341. The summed E-state index contributed by atoms with van der Waals surface area (Å²) in [6, 6.07) is 0. The number of nitrogens with two attached hydrogens (primary N) is 2. The van der Waals surface area contributed by atoms with E-state index in [1.807, 2.05) is 0 Å². The van der Waals surface area contributed by atoms with E-state index in [0.717, 1.165) is 19.4 Å². The third-order valence-corrected chi connectivity index (χ3v) is 1.48. The SMILES string of the molecule is C[NH2+]CC[NH2+]CCCCO. The monoisotopic (exact) mass is 148 g/mol. The van der Waals surface area contributed by atoms with Gasteiger partial charge in [0.25, 0.3) is 0 Å². The molecule has 0 atom stereocenters. The Balaban J connectivity index is 2.65. The fourth-order valence-corrected chi connectivity index (χ4v) is 0.829. The molecule has 3 heteroatoms. The highest BCUT2D eigenvalue weighted by molar-refractivity contribution is 4.31. The number of aliphatic hydroxyl groups is 1. The van der Waals surface area contributed by atoms with Crippen molar-refractivity contribution in [2.45, 2.75) is 12.8 Å². The zero-order chi connectivity index (χ0) is 7.66. The number of unbranched alkanes of at least 4 members (excludes halogenated alkanes) is 1. The molecule has 0 aromatic heterocycles. The highest BCUT2D eigenvalue weighted by Crippen LogP contribution is 1.78. The van der Waals surface area contributed by atoms with E-state index in [1.54, 1.807) is 0 Å². The quantitative estimate of drug-likeness (QED) is 0.344. The van der Waals surface area contributed by atoms with Crippen molar-refractivity contribution in [1.29, 1.82) is 0 Å². The Morgan fingerprint density at radius 3 is 2.50 bits per heavy atom. The van der Waals surface area contributed by atoms with Gasteiger partial charge in [-0.3, -0.25) is 0 Å². The lowest BCUT2D eigenvalue weighted by atomic mass is 10.3. The van der Waals surface area contributed by atoms with Gasteiger partial charge in [0.1, 0.15) is 13.1 Å². The Labute approximate surface area is 62.8 Å². The van der Waals surface area contributed by atoms with Crippen LogP contribution >= 0.6 is 0 Å². The molecule has 0 amide bonds. The Hall–Kier alpha value is -0.120. The van der Waals surface area contributed by atoms with Gasteiger partial charge in [0.2, 0.25) is 0 Å². The summed E-state index contributed by atoms with van der Waals surface area (Å²) in [4.78, 5) is 0. The maximum absolute atomic E-state index is 8.45. The first-order chi connectivity index (χ1) is 4.91. The standard InChI is InChI=1S/C7H18N2O/c1-8-5-6-9-4-2-3-7-10/h8-10H,2-7H2,1H3/p+2. The van der Waals surface area contributed by atoms with Crippen LogP contribution in [0.15, 0.2) is 0 Å². The molecule has 0 aromatic carbocycles. The summed E-state index contributed by atoms with van der Waals surface area (Å²) in [5.41, 5.74) is 0. The Bertz CT molecular complexity index is 51.6. The van der Waals surface area contributed by atoms with Crippen molar-refractivity contribution < 1.29 is 15.7 Å². The first-order valence-electron chi connectivity index (χ1n) is 4.12. The van der Waals surface area contributed by atoms with Crippen molar-refractivity contribution in [1.82, 2.24) is 0 Å². The minimum absolute atomic E-state index is 0.341. The van der Waals surface area contributed by atoms with E-state index in [4.69, 9.17) is 5.11 Å². The van der Waals surface area contributed by atoms with Crippen molar-refractivity contribution in [3.8, 4) is 0 Å². The normalized spacial score (nSPS) is 10.2. The van der Waals surface area contributed by atoms with Gasteiger partial charge >= 0.3 is 0 Å². The van der Waals surface area contributed by atoms with Crippen LogP contribution in [0.3, 0.4) is 0 Å². The lowest BCUT2D eigenvalue weighted by molar-refractivity contribution is -0.712. The Kier molecular flexibility index (Phi) is 8.77. The first kappa shape index (κ1) is 9.88. The molecule has 0 saturated heterocycles. The number of aliphatic hydroxyl groups excluding tert-OH is 1. The van der Waals surface area contributed by atoms with Gasteiger partial charge < -0.3 is 15.7 Å². The summed E-state index contributed by atoms with van der Waals surface area (Å²) >= 11 is 0. The van der Waals surface area contributed by atoms with E-state index in [2.05, 4.69) is 17.7 Å². The summed E-state index contributed by atoms with van der Waals surface area (Å²) in [5.74, 6) is 0. The van der Waals surface area contributed by atoms with Crippen LogP contribution in [0.2, 0.25) is 0 Å². The Morgan fingerprint density at radius 2 is 1.90 bits per heavy atom. The highest BCUT2D eigenvalue weighted by Gasteiger charge is 1.90. The molecule has 3 nitrogen and oxygen atoms in total. The van der Waals surface area contributed by atoms with Crippen LogP contribution in [0, 0.1) is 0 Å². The molecule has 10 heavy (non-hydrogen) atoms. The van der Waals surface area contributed by atoms with Crippen LogP contribution in [0.5, 0.6) is 0 Å². The van der Waals surface area contributed by atoms with Gasteiger partial charge in [-0.1, -0.05) is 0 Å². The van der Waals surface area contributed by atoms with Crippen LogP contribution in [0.4, 0.5) is 0 Å². The molecular formula is C7H20N2O+2. The third-order valence-electron chi connectivity index (χ3n) is 1.48. The average Bonchev–Trinajstić information content (AvgIpc) is 1.97. The number of hydrogen-bond donors (Lipinski definition) is 3. The average molecular weight is 148 g/mol. The summed E-state index contributed by atoms with van der Waals surface area (Å²) in [7, 11) is 2.08. The fourth-order valence-electron chi connectivity index (χ4n) is 0.829. The van der Waals surface area contributed by atoms with Crippen molar-refractivity contribution in [2.24, 2.45) is 0 Å². The van der Waals surface area contributed by atoms with E-state index < -0.39 is 0 Å². The summed E-state index contributed by atoms with van der Waals surface area (Å²) < 4.78 is 0. The van der Waals surface area contributed by atoms with E-state index in [-0.39, 0.29) is 0 Å². The highest BCUT2D eigenvalue weighted by atomic mass is 16.2. The molecular weight excluding hydrogens is 128 g/mol. The van der Waals surface area contributed by atoms with Gasteiger partial charge in [-0.15, -0.1) is 0 Å². The molecule has 0 fully saturated rings. The number of rotatable bonds is 7. The molecule has 0 spiro atoms. The number of hydrogen-bond acceptors (Lipinski definition) is 1. The molecule has 0 heterocycles. The van der Waals surface area contributed by atoms with Gasteiger partial charge in [0.05, 0.1) is 13.6 Å². The van der Waals surface area contributed by atoms with Crippen LogP contribution in [-0.4, -0.2) is 38.4 Å². The summed E-state index contributed by atoms with van der Waals surface area (Å²) in [6.07, 6.45) is 2.09. The molecule has 62 valence electrons. The fraction of sp³-hybridized carbons (Fsp3) is 1.00. The topological polar surface area (TPSA) is 53.5 Å². The van der Waals surface area contributed by atoms with E-state index in [0.29, 0.717) is 6.61 Å². The largest absolute Gasteiger partial charge is 0.396 e. The third kappa shape index (κ3) is 7.88. The van der Waals surface area contributed by atoms with Crippen LogP contribution in [0.25, 0.3) is 0 Å². The number of likely N-dealkylation sites (N-methyl/N-ethyl adjacent to an activating group) is 1. The predicted molar refractivity (Wildman–Crippen MR) is 40.7 cm³/mol. The first-order valence-corrected chi connectivity index (χ1v) is 4.12. The molecule has 5 N–H and O–H groups in total. The van der Waals surface area contributed by atoms with Gasteiger partial charge in [-0.25, -0.2) is 0 Å². The van der Waals surface area contributed by atoms with Crippen molar-refractivity contribution in [3.63, 3.8) is 0 Å².